The first-order chi connectivity index (χ1) is 14.4. The molecule has 3 nitrogen and oxygen atoms in total. The SMILES string of the molecule is CCC(C)OP(=O)(O)c1ccc(C=C(C)c2ccc3c(c2)C(C)(C)CCC3(C)C)cc1. The van der Waals surface area contributed by atoms with Gasteiger partial charge in [0.05, 0.1) is 11.4 Å². The van der Waals surface area contributed by atoms with E-state index >= 15 is 0 Å². The molecule has 0 radical (unpaired) electrons. The van der Waals surface area contributed by atoms with Crippen LogP contribution in [-0.4, -0.2) is 11.0 Å². The Labute approximate surface area is 188 Å². The summed E-state index contributed by atoms with van der Waals surface area (Å²) in [5.74, 6) is 0. The smallest absolute Gasteiger partial charge is 0.321 e. The maximum atomic E-state index is 12.5. The molecule has 0 saturated carbocycles. The van der Waals surface area contributed by atoms with Gasteiger partial charge in [-0.05, 0) is 83.9 Å². The zero-order chi connectivity index (χ0) is 23.0. The Morgan fingerprint density at radius 2 is 1.65 bits per heavy atom. The molecule has 2 unspecified atom stereocenters. The number of hydrogen-bond donors (Lipinski definition) is 1. The zero-order valence-corrected chi connectivity index (χ0v) is 20.9. The molecule has 31 heavy (non-hydrogen) atoms. The van der Waals surface area contributed by atoms with Crippen molar-refractivity contribution < 1.29 is 14.0 Å². The predicted molar refractivity (Wildman–Crippen MR) is 132 cm³/mol. The molecule has 2 aromatic carbocycles. The van der Waals surface area contributed by atoms with E-state index in [9.17, 15) is 9.46 Å². The van der Waals surface area contributed by atoms with Gasteiger partial charge in [0.2, 0.25) is 0 Å². The minimum absolute atomic E-state index is 0.181. The first kappa shape index (κ1) is 24.0. The third-order valence-corrected chi connectivity index (χ3v) is 8.40. The number of benzene rings is 2. The summed E-state index contributed by atoms with van der Waals surface area (Å²) >= 11 is 0. The molecule has 168 valence electrons. The molecule has 0 heterocycles. The first-order valence-electron chi connectivity index (χ1n) is 11.3. The molecule has 0 amide bonds. The largest absolute Gasteiger partial charge is 0.359 e. The fraction of sp³-hybridized carbons (Fsp3) is 0.481. The molecule has 0 bridgehead atoms. The van der Waals surface area contributed by atoms with E-state index in [0.717, 1.165) is 5.56 Å². The van der Waals surface area contributed by atoms with E-state index in [1.54, 1.807) is 12.1 Å². The van der Waals surface area contributed by atoms with Crippen molar-refractivity contribution >= 4 is 24.5 Å². The first-order valence-corrected chi connectivity index (χ1v) is 12.9. The average molecular weight is 441 g/mol. The van der Waals surface area contributed by atoms with E-state index < -0.39 is 7.60 Å². The Morgan fingerprint density at radius 3 is 2.23 bits per heavy atom. The summed E-state index contributed by atoms with van der Waals surface area (Å²) < 4.78 is 17.9. The van der Waals surface area contributed by atoms with Crippen molar-refractivity contribution in [2.45, 2.75) is 84.7 Å². The summed E-state index contributed by atoms with van der Waals surface area (Å²) in [7, 11) is -3.79. The quantitative estimate of drug-likeness (QED) is 0.381. The van der Waals surface area contributed by atoms with E-state index in [1.165, 1.54) is 35.1 Å². The minimum atomic E-state index is -3.79. The van der Waals surface area contributed by atoms with Gasteiger partial charge in [0, 0.05) is 0 Å². The normalized spacial score (nSPS) is 20.6. The average Bonchev–Trinajstić information content (AvgIpc) is 2.71. The molecule has 1 aliphatic carbocycles. The van der Waals surface area contributed by atoms with Crippen LogP contribution in [0, 0.1) is 0 Å². The van der Waals surface area contributed by atoms with E-state index in [4.69, 9.17) is 4.52 Å². The highest BCUT2D eigenvalue weighted by atomic mass is 31.2. The van der Waals surface area contributed by atoms with Crippen molar-refractivity contribution in [1.82, 2.24) is 0 Å². The standard InChI is InChI=1S/C27H37O3P/c1-8-20(3)30-31(28,29)23-12-9-21(10-13-23)17-19(2)22-11-14-24-25(18-22)27(6,7)16-15-26(24,4)5/h9-14,17-18,20H,8,15-16H2,1-7H3,(H,28,29). The van der Waals surface area contributed by atoms with Gasteiger partial charge < -0.3 is 9.42 Å². The molecule has 2 aromatic rings. The third kappa shape index (κ3) is 5.22. The molecule has 0 saturated heterocycles. The van der Waals surface area contributed by atoms with E-state index in [-0.39, 0.29) is 16.9 Å². The second kappa shape index (κ2) is 8.70. The molecule has 0 aliphatic heterocycles. The number of hydrogen-bond acceptors (Lipinski definition) is 2. The molecule has 1 N–H and O–H groups in total. The van der Waals surface area contributed by atoms with Gasteiger partial charge >= 0.3 is 7.60 Å². The van der Waals surface area contributed by atoms with Crippen molar-refractivity contribution in [3.05, 3.63) is 64.7 Å². The van der Waals surface area contributed by atoms with Crippen LogP contribution in [0.5, 0.6) is 0 Å². The van der Waals surface area contributed by atoms with Crippen LogP contribution < -0.4 is 5.30 Å². The lowest BCUT2D eigenvalue weighted by Gasteiger charge is -2.42. The molecule has 0 fully saturated rings. The Morgan fingerprint density at radius 1 is 1.06 bits per heavy atom. The molecule has 3 rings (SSSR count). The summed E-state index contributed by atoms with van der Waals surface area (Å²) in [5.41, 5.74) is 6.71. The van der Waals surface area contributed by atoms with E-state index in [0.29, 0.717) is 11.7 Å². The van der Waals surface area contributed by atoms with E-state index in [2.05, 4.69) is 58.9 Å². The van der Waals surface area contributed by atoms with E-state index in [1.807, 2.05) is 26.0 Å². The summed E-state index contributed by atoms with van der Waals surface area (Å²) in [6.07, 6.45) is 4.98. The highest BCUT2D eigenvalue weighted by Crippen LogP contribution is 2.46. The highest BCUT2D eigenvalue weighted by Gasteiger charge is 2.36. The second-order valence-electron chi connectivity index (χ2n) is 10.3. The molecule has 0 spiro atoms. The lowest BCUT2D eigenvalue weighted by atomic mass is 9.63. The number of rotatable bonds is 6. The Hall–Kier alpha value is -1.67. The van der Waals surface area contributed by atoms with Crippen molar-refractivity contribution in [2.75, 3.05) is 0 Å². The second-order valence-corrected chi connectivity index (χ2v) is 12.1. The van der Waals surface area contributed by atoms with Crippen LogP contribution in [-0.2, 0) is 19.9 Å². The molecule has 0 aromatic heterocycles. The minimum Gasteiger partial charge on any atom is -0.321 e. The molecule has 4 heteroatoms. The van der Waals surface area contributed by atoms with Crippen LogP contribution in [0.25, 0.3) is 11.6 Å². The molecular weight excluding hydrogens is 403 g/mol. The summed E-state index contributed by atoms with van der Waals surface area (Å²) in [4.78, 5) is 10.3. The van der Waals surface area contributed by atoms with Crippen LogP contribution >= 0.6 is 7.60 Å². The lowest BCUT2D eigenvalue weighted by molar-refractivity contribution is 0.192. The highest BCUT2D eigenvalue weighted by molar-refractivity contribution is 7.61. The molecule has 1 aliphatic rings. The van der Waals surface area contributed by atoms with Crippen molar-refractivity contribution in [1.29, 1.82) is 0 Å². The van der Waals surface area contributed by atoms with Crippen LogP contribution in [0.2, 0.25) is 0 Å². The third-order valence-electron chi connectivity index (χ3n) is 6.81. The summed E-state index contributed by atoms with van der Waals surface area (Å²) in [5, 5.41) is 0.334. The fourth-order valence-electron chi connectivity index (χ4n) is 4.31. The summed E-state index contributed by atoms with van der Waals surface area (Å²) in [6.45, 7) is 15.2. The maximum Gasteiger partial charge on any atom is 0.359 e. The van der Waals surface area contributed by atoms with Gasteiger partial charge in [0.25, 0.3) is 0 Å². The van der Waals surface area contributed by atoms with Gasteiger partial charge in [0.1, 0.15) is 0 Å². The number of allylic oxidation sites excluding steroid dienone is 1. The van der Waals surface area contributed by atoms with Gasteiger partial charge in [-0.15, -0.1) is 0 Å². The van der Waals surface area contributed by atoms with Gasteiger partial charge in [0.15, 0.2) is 0 Å². The molecule has 2 atom stereocenters. The Kier molecular flexibility index (Phi) is 6.73. The van der Waals surface area contributed by atoms with Gasteiger partial charge in [-0.3, -0.25) is 4.57 Å². The van der Waals surface area contributed by atoms with Crippen molar-refractivity contribution in [2.24, 2.45) is 0 Å². The fourth-order valence-corrected chi connectivity index (χ4v) is 5.59. The Balaban J connectivity index is 1.88. The lowest BCUT2D eigenvalue weighted by Crippen LogP contribution is -2.33. The maximum absolute atomic E-state index is 12.5. The number of fused-ring (bicyclic) bond motifs is 1. The zero-order valence-electron chi connectivity index (χ0n) is 20.0. The predicted octanol–water partition coefficient (Wildman–Crippen LogP) is 7.22. The molecular formula is C27H37O3P. The van der Waals surface area contributed by atoms with Crippen molar-refractivity contribution in [3.8, 4) is 0 Å². The van der Waals surface area contributed by atoms with Gasteiger partial charge in [-0.25, -0.2) is 0 Å². The van der Waals surface area contributed by atoms with Gasteiger partial charge in [-0.1, -0.05) is 71.0 Å². The van der Waals surface area contributed by atoms with Crippen molar-refractivity contribution in [3.63, 3.8) is 0 Å². The topological polar surface area (TPSA) is 46.5 Å². The summed E-state index contributed by atoms with van der Waals surface area (Å²) in [6, 6.07) is 14.0. The van der Waals surface area contributed by atoms with Crippen LogP contribution in [0.1, 0.15) is 90.0 Å². The van der Waals surface area contributed by atoms with Crippen LogP contribution in [0.4, 0.5) is 0 Å². The van der Waals surface area contributed by atoms with Crippen LogP contribution in [0.15, 0.2) is 42.5 Å². The van der Waals surface area contributed by atoms with Crippen LogP contribution in [0.3, 0.4) is 0 Å². The Bertz CT molecular complexity index is 1020. The van der Waals surface area contributed by atoms with Gasteiger partial charge in [-0.2, -0.15) is 0 Å². The monoisotopic (exact) mass is 440 g/mol.